The van der Waals surface area contributed by atoms with Gasteiger partial charge in [-0.15, -0.1) is 0 Å². The fourth-order valence-electron chi connectivity index (χ4n) is 4.21. The number of aryl methyl sites for hydroxylation is 2. The average molecular weight is 536 g/mol. The zero-order chi connectivity index (χ0) is 27.6. The monoisotopic (exact) mass is 535 g/mol. The van der Waals surface area contributed by atoms with Crippen molar-refractivity contribution in [3.63, 3.8) is 0 Å². The number of hydrogen-bond acceptors (Lipinski definition) is 8. The van der Waals surface area contributed by atoms with Crippen molar-refractivity contribution in [3.8, 4) is 22.9 Å². The van der Waals surface area contributed by atoms with Gasteiger partial charge in [-0.1, -0.05) is 29.4 Å². The second kappa shape index (κ2) is 13.4. The molecule has 206 valence electrons. The quantitative estimate of drug-likeness (QED) is 0.437. The van der Waals surface area contributed by atoms with Crippen LogP contribution in [0.25, 0.3) is 11.4 Å². The number of rotatable bonds is 6. The average Bonchev–Trinajstić information content (AvgIpc) is 3.41. The third kappa shape index (κ3) is 7.56. The predicted molar refractivity (Wildman–Crippen MR) is 142 cm³/mol. The lowest BCUT2D eigenvalue weighted by Gasteiger charge is -2.20. The summed E-state index contributed by atoms with van der Waals surface area (Å²) in [6, 6.07) is 12.0. The largest absolute Gasteiger partial charge is 0.497 e. The summed E-state index contributed by atoms with van der Waals surface area (Å²) < 4.78 is 16.3. The Morgan fingerprint density at radius 2 is 1.95 bits per heavy atom. The number of methoxy groups -OCH3 is 1. The number of benzene rings is 2. The zero-order valence-corrected chi connectivity index (χ0v) is 22.1. The molecule has 0 saturated heterocycles. The van der Waals surface area contributed by atoms with Crippen molar-refractivity contribution < 1.29 is 28.4 Å². The predicted octanol–water partition coefficient (Wildman–Crippen LogP) is 2.58. The molecule has 0 aliphatic carbocycles. The molecule has 0 fully saturated rings. The maximum atomic E-state index is 12.9. The Kier molecular flexibility index (Phi) is 9.49. The van der Waals surface area contributed by atoms with Crippen LogP contribution >= 0.6 is 0 Å². The molecule has 39 heavy (non-hydrogen) atoms. The van der Waals surface area contributed by atoms with Crippen molar-refractivity contribution >= 4 is 17.7 Å². The third-order valence-corrected chi connectivity index (χ3v) is 6.37. The Morgan fingerprint density at radius 3 is 2.77 bits per heavy atom. The standard InChI is InChI=1S/C28H33N5O6/c1-18-7-3-4-8-20(18)26-32-25(39-33-26)13-12-24(34)31-22-9-5-6-14-29-27(35)21-11-10-19(37-2)17-23(21)38-16-15-30-28(22)36/h3-4,7-8,10-11,17,22H,5-6,9,12-16H2,1-2H3,(H,29,35)(H,30,36)(H,31,34)/t22-/m0/s1. The van der Waals surface area contributed by atoms with Crippen LogP contribution in [0.2, 0.25) is 0 Å². The van der Waals surface area contributed by atoms with E-state index in [2.05, 4.69) is 26.1 Å². The molecule has 4 rings (SSSR count). The second-order valence-corrected chi connectivity index (χ2v) is 9.20. The molecule has 0 saturated carbocycles. The van der Waals surface area contributed by atoms with Gasteiger partial charge in [-0.3, -0.25) is 14.4 Å². The molecule has 3 N–H and O–H groups in total. The zero-order valence-electron chi connectivity index (χ0n) is 22.1. The van der Waals surface area contributed by atoms with Gasteiger partial charge in [0.05, 0.1) is 19.2 Å². The van der Waals surface area contributed by atoms with Crippen molar-refractivity contribution in [3.05, 3.63) is 59.5 Å². The summed E-state index contributed by atoms with van der Waals surface area (Å²) in [7, 11) is 1.53. The highest BCUT2D eigenvalue weighted by atomic mass is 16.5. The number of fused-ring (bicyclic) bond motifs is 1. The van der Waals surface area contributed by atoms with E-state index in [0.29, 0.717) is 54.6 Å². The Labute approximate surface area is 226 Å². The maximum absolute atomic E-state index is 12.9. The van der Waals surface area contributed by atoms with Gasteiger partial charge in [-0.05, 0) is 43.9 Å². The van der Waals surface area contributed by atoms with Crippen molar-refractivity contribution in [2.75, 3.05) is 26.8 Å². The summed E-state index contributed by atoms with van der Waals surface area (Å²) in [6.07, 6.45) is 2.05. The van der Waals surface area contributed by atoms with Crippen LogP contribution in [0, 0.1) is 6.92 Å². The number of carbonyl (C=O) groups is 3. The molecule has 3 aromatic rings. The van der Waals surface area contributed by atoms with Crippen molar-refractivity contribution in [2.24, 2.45) is 0 Å². The molecule has 1 aromatic heterocycles. The van der Waals surface area contributed by atoms with E-state index in [4.69, 9.17) is 14.0 Å². The molecule has 1 atom stereocenters. The lowest BCUT2D eigenvalue weighted by atomic mass is 10.1. The molecule has 1 aliphatic rings. The summed E-state index contributed by atoms with van der Waals surface area (Å²) in [6.45, 7) is 2.73. The normalized spacial score (nSPS) is 16.6. The number of nitrogens with one attached hydrogen (secondary N) is 3. The molecule has 2 heterocycles. The van der Waals surface area contributed by atoms with Crippen LogP contribution in [0.1, 0.15) is 47.5 Å². The van der Waals surface area contributed by atoms with Crippen LogP contribution in [-0.2, 0) is 16.0 Å². The van der Waals surface area contributed by atoms with E-state index in [1.807, 2.05) is 31.2 Å². The van der Waals surface area contributed by atoms with E-state index in [9.17, 15) is 14.4 Å². The number of carbonyl (C=O) groups excluding carboxylic acids is 3. The third-order valence-electron chi connectivity index (χ3n) is 6.37. The second-order valence-electron chi connectivity index (χ2n) is 9.20. The molecule has 0 radical (unpaired) electrons. The van der Waals surface area contributed by atoms with Gasteiger partial charge in [-0.25, -0.2) is 0 Å². The number of amides is 3. The first-order valence-electron chi connectivity index (χ1n) is 13.0. The topological polar surface area (TPSA) is 145 Å². The molecular formula is C28H33N5O6. The van der Waals surface area contributed by atoms with Crippen LogP contribution in [0.4, 0.5) is 0 Å². The molecular weight excluding hydrogens is 502 g/mol. The highest BCUT2D eigenvalue weighted by Gasteiger charge is 2.22. The Hall–Kier alpha value is -4.41. The van der Waals surface area contributed by atoms with Crippen LogP contribution in [-0.4, -0.2) is 60.7 Å². The molecule has 11 heteroatoms. The van der Waals surface area contributed by atoms with E-state index in [0.717, 1.165) is 11.1 Å². The van der Waals surface area contributed by atoms with Crippen LogP contribution < -0.4 is 25.4 Å². The molecule has 2 aromatic carbocycles. The molecule has 1 aliphatic heterocycles. The fourth-order valence-corrected chi connectivity index (χ4v) is 4.21. The summed E-state index contributed by atoms with van der Waals surface area (Å²) >= 11 is 0. The number of ether oxygens (including phenoxy) is 2. The summed E-state index contributed by atoms with van der Waals surface area (Å²) in [4.78, 5) is 42.6. The first-order chi connectivity index (χ1) is 18.9. The van der Waals surface area contributed by atoms with Crippen LogP contribution in [0.15, 0.2) is 47.0 Å². The number of aromatic nitrogens is 2. The molecule has 11 nitrogen and oxygen atoms in total. The number of hydrogen-bond donors (Lipinski definition) is 3. The lowest BCUT2D eigenvalue weighted by Crippen LogP contribution is -2.47. The molecule has 0 spiro atoms. The summed E-state index contributed by atoms with van der Waals surface area (Å²) in [5, 5.41) is 12.5. The summed E-state index contributed by atoms with van der Waals surface area (Å²) in [5.41, 5.74) is 2.30. The highest BCUT2D eigenvalue weighted by molar-refractivity contribution is 5.97. The Morgan fingerprint density at radius 1 is 1.10 bits per heavy atom. The highest BCUT2D eigenvalue weighted by Crippen LogP contribution is 2.25. The van der Waals surface area contributed by atoms with Gasteiger partial charge >= 0.3 is 0 Å². The minimum atomic E-state index is -0.714. The van der Waals surface area contributed by atoms with Gasteiger partial charge in [0.2, 0.25) is 23.5 Å². The van der Waals surface area contributed by atoms with Gasteiger partial charge in [0.25, 0.3) is 5.91 Å². The fraction of sp³-hybridized carbons (Fsp3) is 0.393. The smallest absolute Gasteiger partial charge is 0.255 e. The van der Waals surface area contributed by atoms with Gasteiger partial charge in [0.15, 0.2) is 0 Å². The Balaban J connectivity index is 1.32. The first kappa shape index (κ1) is 27.6. The summed E-state index contributed by atoms with van der Waals surface area (Å²) in [5.74, 6) is 0.922. The van der Waals surface area contributed by atoms with E-state index in [1.54, 1.807) is 18.2 Å². The molecule has 3 amide bonds. The van der Waals surface area contributed by atoms with E-state index in [-0.39, 0.29) is 43.7 Å². The van der Waals surface area contributed by atoms with E-state index in [1.165, 1.54) is 7.11 Å². The van der Waals surface area contributed by atoms with Crippen LogP contribution in [0.5, 0.6) is 11.5 Å². The molecule has 0 unspecified atom stereocenters. The van der Waals surface area contributed by atoms with Gasteiger partial charge < -0.3 is 29.9 Å². The molecule has 0 bridgehead atoms. The minimum absolute atomic E-state index is 0.0942. The van der Waals surface area contributed by atoms with Crippen molar-refractivity contribution in [1.29, 1.82) is 0 Å². The maximum Gasteiger partial charge on any atom is 0.255 e. The number of nitrogens with zero attached hydrogens (tertiary/aromatic N) is 2. The van der Waals surface area contributed by atoms with Crippen molar-refractivity contribution in [2.45, 2.75) is 45.1 Å². The Bertz CT molecular complexity index is 1310. The van der Waals surface area contributed by atoms with Crippen molar-refractivity contribution in [1.82, 2.24) is 26.1 Å². The van der Waals surface area contributed by atoms with Crippen LogP contribution in [0.3, 0.4) is 0 Å². The van der Waals surface area contributed by atoms with Gasteiger partial charge in [0, 0.05) is 31.0 Å². The van der Waals surface area contributed by atoms with Gasteiger partial charge in [0.1, 0.15) is 24.1 Å². The van der Waals surface area contributed by atoms with E-state index >= 15 is 0 Å². The SMILES string of the molecule is COc1ccc2c(c1)OCCNC(=O)[C@@H](NC(=O)CCc1nc(-c3ccccc3C)no1)CCCCNC2=O. The minimum Gasteiger partial charge on any atom is -0.497 e. The lowest BCUT2D eigenvalue weighted by molar-refractivity contribution is -0.129. The van der Waals surface area contributed by atoms with Gasteiger partial charge in [-0.2, -0.15) is 4.98 Å². The first-order valence-corrected chi connectivity index (χ1v) is 13.0. The van der Waals surface area contributed by atoms with E-state index < -0.39 is 6.04 Å².